The molecule has 0 aromatic carbocycles. The van der Waals surface area contributed by atoms with Gasteiger partial charge >= 0.3 is 0 Å². The van der Waals surface area contributed by atoms with Gasteiger partial charge in [-0.25, -0.2) is 0 Å². The van der Waals surface area contributed by atoms with E-state index in [1.165, 1.54) is 51.5 Å². The summed E-state index contributed by atoms with van der Waals surface area (Å²) in [6, 6.07) is 0.805. The molecule has 1 nitrogen and oxygen atoms in total. The summed E-state index contributed by atoms with van der Waals surface area (Å²) in [7, 11) is 0. The van der Waals surface area contributed by atoms with Gasteiger partial charge in [0.05, 0.1) is 0 Å². The van der Waals surface area contributed by atoms with Gasteiger partial charge in [-0.3, -0.25) is 0 Å². The van der Waals surface area contributed by atoms with E-state index < -0.39 is 0 Å². The van der Waals surface area contributed by atoms with Crippen molar-refractivity contribution < 1.29 is 0 Å². The van der Waals surface area contributed by atoms with E-state index in [2.05, 4.69) is 31.3 Å². The molecule has 92 valence electrons. The summed E-state index contributed by atoms with van der Waals surface area (Å²) in [5, 5.41) is 3.80. The Balaban J connectivity index is 1.65. The lowest BCUT2D eigenvalue weighted by molar-refractivity contribution is 0.202. The minimum atomic E-state index is 0.603. The molecule has 0 aromatic heterocycles. The Morgan fingerprint density at radius 1 is 1.12 bits per heavy atom. The number of hydrogen-bond acceptors (Lipinski definition) is 1. The summed E-state index contributed by atoms with van der Waals surface area (Å²) in [4.78, 5) is 0. The second-order valence-electron chi connectivity index (χ2n) is 6.50. The van der Waals surface area contributed by atoms with Crippen LogP contribution in [0.4, 0.5) is 0 Å². The Morgan fingerprint density at radius 3 is 2.50 bits per heavy atom. The summed E-state index contributed by atoms with van der Waals surface area (Å²) in [6.07, 6.45) is 14.2. The molecule has 1 atom stereocenters. The van der Waals surface area contributed by atoms with E-state index in [4.69, 9.17) is 0 Å². The Bertz CT molecular complexity index is 232. The minimum absolute atomic E-state index is 0.603. The zero-order valence-electron chi connectivity index (χ0n) is 11.0. The second-order valence-corrected chi connectivity index (χ2v) is 6.50. The lowest BCUT2D eigenvalue weighted by Crippen LogP contribution is -2.38. The van der Waals surface area contributed by atoms with Crippen LogP contribution in [0.5, 0.6) is 0 Å². The summed E-state index contributed by atoms with van der Waals surface area (Å²) < 4.78 is 0. The molecule has 0 radical (unpaired) electrons. The van der Waals surface area contributed by atoms with Crippen molar-refractivity contribution in [2.45, 2.75) is 64.8 Å². The van der Waals surface area contributed by atoms with Gasteiger partial charge in [0.2, 0.25) is 0 Å². The molecule has 2 rings (SSSR count). The molecule has 1 heteroatoms. The van der Waals surface area contributed by atoms with Crippen molar-refractivity contribution in [1.29, 1.82) is 0 Å². The number of allylic oxidation sites excluding steroid dienone is 2. The SMILES string of the molecule is CC1(C)CCC(NCC2CC=CCC2)CC1. The lowest BCUT2D eigenvalue weighted by Gasteiger charge is -2.35. The third-order valence-corrected chi connectivity index (χ3v) is 4.41. The van der Waals surface area contributed by atoms with Gasteiger partial charge in [-0.15, -0.1) is 0 Å². The van der Waals surface area contributed by atoms with Crippen LogP contribution in [-0.2, 0) is 0 Å². The van der Waals surface area contributed by atoms with Gasteiger partial charge in [0, 0.05) is 6.04 Å². The summed E-state index contributed by atoms with van der Waals surface area (Å²) in [6.45, 7) is 6.07. The van der Waals surface area contributed by atoms with Crippen molar-refractivity contribution in [3.8, 4) is 0 Å². The Morgan fingerprint density at radius 2 is 1.88 bits per heavy atom. The van der Waals surface area contributed by atoms with E-state index in [-0.39, 0.29) is 0 Å². The smallest absolute Gasteiger partial charge is 0.00675 e. The largest absolute Gasteiger partial charge is 0.314 e. The molecule has 2 aliphatic rings. The average Bonchev–Trinajstić information content (AvgIpc) is 2.29. The van der Waals surface area contributed by atoms with E-state index in [1.54, 1.807) is 0 Å². The molecular formula is C15H27N. The zero-order valence-corrected chi connectivity index (χ0v) is 11.0. The van der Waals surface area contributed by atoms with Crippen molar-refractivity contribution in [1.82, 2.24) is 5.32 Å². The van der Waals surface area contributed by atoms with Crippen LogP contribution in [0, 0.1) is 11.3 Å². The van der Waals surface area contributed by atoms with Crippen LogP contribution < -0.4 is 5.32 Å². The predicted octanol–water partition coefficient (Wildman–Crippen LogP) is 3.90. The maximum absolute atomic E-state index is 3.80. The topological polar surface area (TPSA) is 12.0 Å². The van der Waals surface area contributed by atoms with Gasteiger partial charge in [0.15, 0.2) is 0 Å². The first kappa shape index (κ1) is 12.2. The number of hydrogen-bond donors (Lipinski definition) is 1. The lowest BCUT2D eigenvalue weighted by atomic mass is 9.75. The third-order valence-electron chi connectivity index (χ3n) is 4.41. The molecule has 0 bridgehead atoms. The Labute approximate surface area is 101 Å². The fraction of sp³-hybridized carbons (Fsp3) is 0.867. The van der Waals surface area contributed by atoms with Crippen molar-refractivity contribution in [3.05, 3.63) is 12.2 Å². The molecule has 0 aliphatic heterocycles. The summed E-state index contributed by atoms with van der Waals surface area (Å²) >= 11 is 0. The average molecular weight is 221 g/mol. The second kappa shape index (κ2) is 5.35. The molecule has 0 amide bonds. The van der Waals surface area contributed by atoms with E-state index in [0.29, 0.717) is 5.41 Å². The van der Waals surface area contributed by atoms with Crippen molar-refractivity contribution in [2.24, 2.45) is 11.3 Å². The van der Waals surface area contributed by atoms with E-state index >= 15 is 0 Å². The molecule has 0 saturated heterocycles. The first-order chi connectivity index (χ1) is 7.66. The van der Waals surface area contributed by atoms with Crippen LogP contribution in [0.2, 0.25) is 0 Å². The highest BCUT2D eigenvalue weighted by Gasteiger charge is 2.26. The van der Waals surface area contributed by atoms with Crippen LogP contribution in [0.3, 0.4) is 0 Å². The fourth-order valence-electron chi connectivity index (χ4n) is 2.98. The monoisotopic (exact) mass is 221 g/mol. The molecule has 0 spiro atoms. The molecule has 0 heterocycles. The maximum atomic E-state index is 3.80. The molecular weight excluding hydrogens is 194 g/mol. The molecule has 0 aromatic rings. The van der Waals surface area contributed by atoms with Crippen molar-refractivity contribution in [3.63, 3.8) is 0 Å². The quantitative estimate of drug-likeness (QED) is 0.713. The first-order valence-electron chi connectivity index (χ1n) is 7.04. The van der Waals surface area contributed by atoms with Crippen LogP contribution in [0.25, 0.3) is 0 Å². The Hall–Kier alpha value is -0.300. The third kappa shape index (κ3) is 3.62. The van der Waals surface area contributed by atoms with Crippen molar-refractivity contribution >= 4 is 0 Å². The highest BCUT2D eigenvalue weighted by atomic mass is 14.9. The highest BCUT2D eigenvalue weighted by molar-refractivity contribution is 4.91. The first-order valence-corrected chi connectivity index (χ1v) is 7.04. The van der Waals surface area contributed by atoms with Crippen LogP contribution in [0.15, 0.2) is 12.2 Å². The van der Waals surface area contributed by atoms with Crippen molar-refractivity contribution in [2.75, 3.05) is 6.54 Å². The number of nitrogens with one attached hydrogen (secondary N) is 1. The Kier molecular flexibility index (Phi) is 4.07. The van der Waals surface area contributed by atoms with Crippen LogP contribution in [-0.4, -0.2) is 12.6 Å². The standard InChI is InChI=1S/C15H27N/c1-15(2)10-8-14(9-11-15)16-12-13-6-4-3-5-7-13/h3-4,13-14,16H,5-12H2,1-2H3. The van der Waals surface area contributed by atoms with Gasteiger partial charge < -0.3 is 5.32 Å². The number of rotatable bonds is 3. The van der Waals surface area contributed by atoms with Crippen LogP contribution in [0.1, 0.15) is 58.8 Å². The maximum Gasteiger partial charge on any atom is 0.00675 e. The van der Waals surface area contributed by atoms with Gasteiger partial charge in [-0.1, -0.05) is 26.0 Å². The summed E-state index contributed by atoms with van der Waals surface area (Å²) in [5.74, 6) is 0.903. The minimum Gasteiger partial charge on any atom is -0.314 e. The van der Waals surface area contributed by atoms with Gasteiger partial charge in [0.1, 0.15) is 0 Å². The van der Waals surface area contributed by atoms with E-state index in [1.807, 2.05) is 0 Å². The summed E-state index contributed by atoms with van der Waals surface area (Å²) in [5.41, 5.74) is 0.603. The molecule has 1 N–H and O–H groups in total. The predicted molar refractivity (Wildman–Crippen MR) is 70.5 cm³/mol. The van der Waals surface area contributed by atoms with Crippen LogP contribution >= 0.6 is 0 Å². The highest BCUT2D eigenvalue weighted by Crippen LogP contribution is 2.35. The normalized spacial score (nSPS) is 30.5. The molecule has 1 unspecified atom stereocenters. The molecule has 1 fully saturated rings. The van der Waals surface area contributed by atoms with Gasteiger partial charge in [0.25, 0.3) is 0 Å². The van der Waals surface area contributed by atoms with E-state index in [9.17, 15) is 0 Å². The fourth-order valence-corrected chi connectivity index (χ4v) is 2.98. The molecule has 2 aliphatic carbocycles. The molecule has 16 heavy (non-hydrogen) atoms. The molecule has 1 saturated carbocycles. The van der Waals surface area contributed by atoms with E-state index in [0.717, 1.165) is 12.0 Å². The zero-order chi connectivity index (χ0) is 11.4. The van der Waals surface area contributed by atoms with Gasteiger partial charge in [-0.05, 0) is 62.8 Å². The van der Waals surface area contributed by atoms with Gasteiger partial charge in [-0.2, -0.15) is 0 Å².